The van der Waals surface area contributed by atoms with Crippen LogP contribution in [0.5, 0.6) is 0 Å². The summed E-state index contributed by atoms with van der Waals surface area (Å²) in [6, 6.07) is 2.00. The molecule has 7 heteroatoms. The van der Waals surface area contributed by atoms with Crippen LogP contribution in [0.25, 0.3) is 0 Å². The van der Waals surface area contributed by atoms with Gasteiger partial charge in [-0.1, -0.05) is 0 Å². The zero-order valence-electron chi connectivity index (χ0n) is 14.4. The maximum Gasteiger partial charge on any atom is 0.265 e. The lowest BCUT2D eigenvalue weighted by Crippen LogP contribution is -2.39. The molecule has 130 valence electrons. The van der Waals surface area contributed by atoms with Gasteiger partial charge in [0.15, 0.2) is 0 Å². The molecule has 0 spiro atoms. The number of thiazole rings is 1. The van der Waals surface area contributed by atoms with Crippen LogP contribution in [-0.4, -0.2) is 45.7 Å². The second kappa shape index (κ2) is 7.44. The van der Waals surface area contributed by atoms with E-state index in [2.05, 4.69) is 15.2 Å². The van der Waals surface area contributed by atoms with E-state index in [1.54, 1.807) is 6.20 Å². The maximum atomic E-state index is 13.0. The van der Waals surface area contributed by atoms with Gasteiger partial charge in [0.25, 0.3) is 5.91 Å². The normalized spacial score (nSPS) is 19.5. The van der Waals surface area contributed by atoms with Crippen LogP contribution in [0, 0.1) is 6.92 Å². The summed E-state index contributed by atoms with van der Waals surface area (Å²) in [7, 11) is 0. The van der Waals surface area contributed by atoms with E-state index in [0.29, 0.717) is 12.5 Å². The highest BCUT2D eigenvalue weighted by Crippen LogP contribution is 2.30. The fourth-order valence-electron chi connectivity index (χ4n) is 3.16. The van der Waals surface area contributed by atoms with Gasteiger partial charge < -0.3 is 9.64 Å². The molecule has 0 aliphatic carbocycles. The number of H-pyrrole nitrogens is 1. The zero-order chi connectivity index (χ0) is 17.1. The Balaban J connectivity index is 1.74. The third-order valence-corrected chi connectivity index (χ3v) is 5.75. The van der Waals surface area contributed by atoms with Crippen molar-refractivity contribution in [3.05, 3.63) is 33.5 Å². The van der Waals surface area contributed by atoms with Crippen molar-refractivity contribution in [1.82, 2.24) is 20.1 Å². The van der Waals surface area contributed by atoms with Crippen LogP contribution in [0.3, 0.4) is 0 Å². The number of piperidine rings is 1. The summed E-state index contributed by atoms with van der Waals surface area (Å²) in [6.07, 6.45) is 3.79. The number of likely N-dealkylation sites (tertiary alicyclic amines) is 1. The minimum absolute atomic E-state index is 0.0700. The SMILES string of the molecule is CCOC(C)c1nc(C)c(C(=O)N2CCCC(c3ccn[nH]3)C2)s1. The van der Waals surface area contributed by atoms with E-state index in [9.17, 15) is 4.79 Å². The smallest absolute Gasteiger partial charge is 0.265 e. The van der Waals surface area contributed by atoms with Crippen LogP contribution in [-0.2, 0) is 4.74 Å². The number of aromatic nitrogens is 3. The molecule has 3 rings (SSSR count). The standard InChI is InChI=1S/C17H24N4O2S/c1-4-23-12(3)16-19-11(2)15(24-16)17(22)21-9-5-6-13(10-21)14-7-8-18-20-14/h7-8,12-13H,4-6,9-10H2,1-3H3,(H,18,20). The molecule has 2 aromatic heterocycles. The van der Waals surface area contributed by atoms with Crippen molar-refractivity contribution in [2.75, 3.05) is 19.7 Å². The fourth-order valence-corrected chi connectivity index (χ4v) is 4.20. The van der Waals surface area contributed by atoms with Gasteiger partial charge in [0.2, 0.25) is 0 Å². The van der Waals surface area contributed by atoms with Gasteiger partial charge in [-0.15, -0.1) is 11.3 Å². The van der Waals surface area contributed by atoms with Crippen LogP contribution < -0.4 is 0 Å². The van der Waals surface area contributed by atoms with E-state index >= 15 is 0 Å². The summed E-state index contributed by atoms with van der Waals surface area (Å²) in [5.74, 6) is 0.421. The average Bonchev–Trinajstić information content (AvgIpc) is 3.24. The van der Waals surface area contributed by atoms with E-state index in [1.165, 1.54) is 11.3 Å². The fraction of sp³-hybridized carbons (Fsp3) is 0.588. The summed E-state index contributed by atoms with van der Waals surface area (Å²) >= 11 is 1.46. The molecule has 6 nitrogen and oxygen atoms in total. The predicted molar refractivity (Wildman–Crippen MR) is 93.4 cm³/mol. The Bertz CT molecular complexity index is 683. The van der Waals surface area contributed by atoms with Gasteiger partial charge in [0, 0.05) is 37.5 Å². The third kappa shape index (κ3) is 3.52. The van der Waals surface area contributed by atoms with E-state index < -0.39 is 0 Å². The van der Waals surface area contributed by atoms with Crippen molar-refractivity contribution in [2.24, 2.45) is 0 Å². The minimum Gasteiger partial charge on any atom is -0.372 e. The number of amides is 1. The Morgan fingerprint density at radius 3 is 3.12 bits per heavy atom. The van der Waals surface area contributed by atoms with E-state index in [-0.39, 0.29) is 12.0 Å². The van der Waals surface area contributed by atoms with E-state index in [1.807, 2.05) is 31.7 Å². The molecular weight excluding hydrogens is 324 g/mol. The van der Waals surface area contributed by atoms with Crippen LogP contribution in [0.1, 0.15) is 64.8 Å². The van der Waals surface area contributed by atoms with E-state index in [4.69, 9.17) is 4.74 Å². The first-order valence-electron chi connectivity index (χ1n) is 8.47. The second-order valence-corrected chi connectivity index (χ2v) is 7.20. The Hall–Kier alpha value is -1.73. The minimum atomic E-state index is -0.0700. The molecule has 0 bridgehead atoms. The van der Waals surface area contributed by atoms with Gasteiger partial charge in [0.1, 0.15) is 16.0 Å². The highest BCUT2D eigenvalue weighted by atomic mass is 32.1. The number of hydrogen-bond acceptors (Lipinski definition) is 5. The molecule has 0 radical (unpaired) electrons. The van der Waals surface area contributed by atoms with Crippen molar-refractivity contribution in [1.29, 1.82) is 0 Å². The Morgan fingerprint density at radius 2 is 2.42 bits per heavy atom. The van der Waals surface area contributed by atoms with Crippen molar-refractivity contribution in [3.8, 4) is 0 Å². The molecule has 2 unspecified atom stereocenters. The number of nitrogens with one attached hydrogen (secondary N) is 1. The van der Waals surface area contributed by atoms with E-state index in [0.717, 1.165) is 47.2 Å². The van der Waals surface area contributed by atoms with Crippen LogP contribution in [0.2, 0.25) is 0 Å². The number of carbonyl (C=O) groups excluding carboxylic acids is 1. The number of rotatable bonds is 5. The van der Waals surface area contributed by atoms with Gasteiger partial charge >= 0.3 is 0 Å². The molecular formula is C17H24N4O2S. The Labute approximate surface area is 146 Å². The van der Waals surface area contributed by atoms with Crippen LogP contribution in [0.15, 0.2) is 12.3 Å². The zero-order valence-corrected chi connectivity index (χ0v) is 15.2. The van der Waals surface area contributed by atoms with Gasteiger partial charge in [-0.25, -0.2) is 4.98 Å². The molecule has 1 aliphatic heterocycles. The summed E-state index contributed by atoms with van der Waals surface area (Å²) in [5.41, 5.74) is 1.91. The first kappa shape index (κ1) is 17.1. The molecule has 2 aromatic rings. The predicted octanol–water partition coefficient (Wildman–Crippen LogP) is 3.29. The molecule has 1 N–H and O–H groups in total. The van der Waals surface area contributed by atoms with Crippen molar-refractivity contribution >= 4 is 17.2 Å². The molecule has 0 saturated carbocycles. The average molecular weight is 348 g/mol. The molecule has 1 aliphatic rings. The number of aromatic amines is 1. The monoisotopic (exact) mass is 348 g/mol. The molecule has 1 saturated heterocycles. The molecule has 2 atom stereocenters. The van der Waals surface area contributed by atoms with Crippen LogP contribution in [0.4, 0.5) is 0 Å². The van der Waals surface area contributed by atoms with Gasteiger partial charge in [0.05, 0.1) is 5.69 Å². The highest BCUT2D eigenvalue weighted by Gasteiger charge is 2.29. The molecule has 0 aromatic carbocycles. The quantitative estimate of drug-likeness (QED) is 0.900. The first-order valence-corrected chi connectivity index (χ1v) is 9.29. The first-order chi connectivity index (χ1) is 11.6. The number of carbonyl (C=O) groups is 1. The topological polar surface area (TPSA) is 71.1 Å². The largest absolute Gasteiger partial charge is 0.372 e. The lowest BCUT2D eigenvalue weighted by atomic mass is 9.95. The van der Waals surface area contributed by atoms with Crippen molar-refractivity contribution in [3.63, 3.8) is 0 Å². The summed E-state index contributed by atoms with van der Waals surface area (Å²) in [5, 5.41) is 7.94. The van der Waals surface area contributed by atoms with Gasteiger partial charge in [-0.3, -0.25) is 9.89 Å². The lowest BCUT2D eigenvalue weighted by molar-refractivity contribution is 0.0709. The number of ether oxygens (including phenoxy) is 1. The van der Waals surface area contributed by atoms with Gasteiger partial charge in [-0.05, 0) is 39.7 Å². The molecule has 1 amide bonds. The highest BCUT2D eigenvalue weighted by molar-refractivity contribution is 7.13. The number of nitrogens with zero attached hydrogens (tertiary/aromatic N) is 3. The molecule has 1 fully saturated rings. The third-order valence-electron chi connectivity index (χ3n) is 4.44. The summed E-state index contributed by atoms with van der Waals surface area (Å²) < 4.78 is 5.60. The second-order valence-electron chi connectivity index (χ2n) is 6.17. The van der Waals surface area contributed by atoms with Crippen molar-refractivity contribution in [2.45, 2.75) is 45.6 Å². The summed E-state index contributed by atoms with van der Waals surface area (Å²) in [4.78, 5) is 20.2. The number of aryl methyl sites for hydroxylation is 1. The summed E-state index contributed by atoms with van der Waals surface area (Å²) in [6.45, 7) is 8.02. The number of hydrogen-bond donors (Lipinski definition) is 1. The molecule has 3 heterocycles. The molecule has 24 heavy (non-hydrogen) atoms. The maximum absolute atomic E-state index is 13.0. The van der Waals surface area contributed by atoms with Crippen LogP contribution >= 0.6 is 11.3 Å². The van der Waals surface area contributed by atoms with Gasteiger partial charge in [-0.2, -0.15) is 5.10 Å². The lowest BCUT2D eigenvalue weighted by Gasteiger charge is -2.32. The Morgan fingerprint density at radius 1 is 1.58 bits per heavy atom. The van der Waals surface area contributed by atoms with Crippen molar-refractivity contribution < 1.29 is 9.53 Å². The Kier molecular flexibility index (Phi) is 5.30.